The monoisotopic (exact) mass is 271 g/mol. The van der Waals surface area contributed by atoms with Crippen LogP contribution < -0.4 is 11.1 Å². The van der Waals surface area contributed by atoms with Crippen molar-refractivity contribution in [1.82, 2.24) is 4.98 Å². The lowest BCUT2D eigenvalue weighted by Crippen LogP contribution is -2.29. The van der Waals surface area contributed by atoms with Crippen LogP contribution in [0.2, 0.25) is 0 Å². The van der Waals surface area contributed by atoms with Gasteiger partial charge in [-0.15, -0.1) is 0 Å². The number of nitrogens with one attached hydrogen (secondary N) is 1. The molecule has 3 rings (SSSR count). The molecule has 1 fully saturated rings. The summed E-state index contributed by atoms with van der Waals surface area (Å²) in [4.78, 5) is 16.4. The number of carbonyl (C=O) groups is 1. The van der Waals surface area contributed by atoms with Crippen molar-refractivity contribution >= 4 is 22.5 Å². The molecule has 1 aromatic carbocycles. The molecule has 1 aliphatic rings. The van der Waals surface area contributed by atoms with Gasteiger partial charge >= 0.3 is 0 Å². The highest BCUT2D eigenvalue weighted by Crippen LogP contribution is 2.22. The van der Waals surface area contributed by atoms with Gasteiger partial charge in [0.2, 0.25) is 0 Å². The molecular weight excluding hydrogens is 254 g/mol. The third kappa shape index (κ3) is 2.64. The lowest BCUT2D eigenvalue weighted by atomic mass is 10.1. The summed E-state index contributed by atoms with van der Waals surface area (Å²) in [5.41, 5.74) is 7.22. The Bertz CT molecular complexity index is 629. The second-order valence-corrected chi connectivity index (χ2v) is 4.96. The van der Waals surface area contributed by atoms with Gasteiger partial charge in [0.1, 0.15) is 6.10 Å². The fourth-order valence-electron chi connectivity index (χ4n) is 2.45. The Balaban J connectivity index is 1.71. The number of hydrogen-bond donors (Lipinski definition) is 2. The van der Waals surface area contributed by atoms with Crippen LogP contribution in [0.1, 0.15) is 12.8 Å². The van der Waals surface area contributed by atoms with Crippen LogP contribution in [0.4, 0.5) is 5.69 Å². The minimum absolute atomic E-state index is 0.00607. The van der Waals surface area contributed by atoms with Crippen molar-refractivity contribution in [2.75, 3.05) is 11.9 Å². The largest absolute Gasteiger partial charge is 0.364 e. The van der Waals surface area contributed by atoms with Crippen molar-refractivity contribution in [3.8, 4) is 0 Å². The van der Waals surface area contributed by atoms with E-state index in [0.717, 1.165) is 29.4 Å². The van der Waals surface area contributed by atoms with Crippen LogP contribution in [0, 0.1) is 0 Å². The summed E-state index contributed by atoms with van der Waals surface area (Å²) in [7, 11) is 0. The molecule has 3 N–H and O–H groups in total. The smallest absolute Gasteiger partial charge is 0.253 e. The number of anilines is 1. The van der Waals surface area contributed by atoms with Crippen LogP contribution in [-0.2, 0) is 9.53 Å². The maximum Gasteiger partial charge on any atom is 0.253 e. The van der Waals surface area contributed by atoms with Gasteiger partial charge in [0.15, 0.2) is 0 Å². The third-order valence-corrected chi connectivity index (χ3v) is 3.53. The quantitative estimate of drug-likeness (QED) is 0.890. The number of benzene rings is 1. The van der Waals surface area contributed by atoms with E-state index in [1.165, 1.54) is 0 Å². The van der Waals surface area contributed by atoms with Crippen LogP contribution in [-0.4, -0.2) is 29.6 Å². The number of amides is 1. The molecule has 1 aromatic heterocycles. The molecule has 0 bridgehead atoms. The molecule has 0 spiro atoms. The van der Waals surface area contributed by atoms with Crippen LogP contribution in [0.5, 0.6) is 0 Å². The third-order valence-electron chi connectivity index (χ3n) is 3.53. The molecule has 2 aromatic rings. The normalized spacial score (nSPS) is 22.1. The number of nitrogens with two attached hydrogens (primary N) is 1. The predicted octanol–water partition coefficient (Wildman–Crippen LogP) is 1.68. The Kier molecular flexibility index (Phi) is 3.62. The molecule has 5 nitrogen and oxygen atoms in total. The van der Waals surface area contributed by atoms with Crippen molar-refractivity contribution in [2.24, 2.45) is 5.73 Å². The summed E-state index contributed by atoms with van der Waals surface area (Å²) in [6.07, 6.45) is 2.93. The molecule has 0 aliphatic carbocycles. The standard InChI is InChI=1S/C15H17N3O2/c16-9-12-4-6-14(20-12)15(19)18-11-3-5-13-10(8-11)2-1-7-17-13/h1-3,5,7-8,12,14H,4,6,9,16H2,(H,18,19). The van der Waals surface area contributed by atoms with Crippen LogP contribution >= 0.6 is 0 Å². The number of ether oxygens (including phenoxy) is 1. The first-order valence-corrected chi connectivity index (χ1v) is 6.77. The zero-order chi connectivity index (χ0) is 13.9. The molecular formula is C15H17N3O2. The molecule has 104 valence electrons. The van der Waals surface area contributed by atoms with Crippen molar-refractivity contribution in [3.63, 3.8) is 0 Å². The van der Waals surface area contributed by atoms with Crippen molar-refractivity contribution in [1.29, 1.82) is 0 Å². The fourth-order valence-corrected chi connectivity index (χ4v) is 2.45. The Morgan fingerprint density at radius 1 is 1.40 bits per heavy atom. The first-order valence-electron chi connectivity index (χ1n) is 6.77. The first-order chi connectivity index (χ1) is 9.76. The fraction of sp³-hybridized carbons (Fsp3) is 0.333. The number of carbonyl (C=O) groups excluding carboxylic acids is 1. The summed E-state index contributed by atoms with van der Waals surface area (Å²) in [6.45, 7) is 0.464. The van der Waals surface area contributed by atoms with Crippen LogP contribution in [0.15, 0.2) is 36.5 Å². The molecule has 2 unspecified atom stereocenters. The van der Waals surface area contributed by atoms with E-state index in [1.54, 1.807) is 6.20 Å². The van der Waals surface area contributed by atoms with E-state index in [9.17, 15) is 4.79 Å². The zero-order valence-corrected chi connectivity index (χ0v) is 11.1. The van der Waals surface area contributed by atoms with Gasteiger partial charge in [0, 0.05) is 23.8 Å². The number of hydrogen-bond acceptors (Lipinski definition) is 4. The number of fused-ring (bicyclic) bond motifs is 1. The summed E-state index contributed by atoms with van der Waals surface area (Å²) >= 11 is 0. The lowest BCUT2D eigenvalue weighted by molar-refractivity contribution is -0.126. The summed E-state index contributed by atoms with van der Waals surface area (Å²) in [6, 6.07) is 9.50. The number of nitrogens with zero attached hydrogens (tertiary/aromatic N) is 1. The van der Waals surface area contributed by atoms with Gasteiger partial charge in [-0.3, -0.25) is 9.78 Å². The predicted molar refractivity (Wildman–Crippen MR) is 77.3 cm³/mol. The highest BCUT2D eigenvalue weighted by atomic mass is 16.5. The lowest BCUT2D eigenvalue weighted by Gasteiger charge is -2.13. The molecule has 5 heteroatoms. The van der Waals surface area contributed by atoms with Crippen molar-refractivity contribution < 1.29 is 9.53 Å². The second kappa shape index (κ2) is 5.56. The number of pyridine rings is 1. The van der Waals surface area contributed by atoms with Gasteiger partial charge in [0.05, 0.1) is 11.6 Å². The summed E-state index contributed by atoms with van der Waals surface area (Å²) in [5.74, 6) is -0.107. The summed E-state index contributed by atoms with van der Waals surface area (Å²) < 4.78 is 5.58. The Morgan fingerprint density at radius 2 is 2.30 bits per heavy atom. The van der Waals surface area contributed by atoms with Crippen molar-refractivity contribution in [3.05, 3.63) is 36.5 Å². The highest BCUT2D eigenvalue weighted by molar-refractivity contribution is 5.96. The van der Waals surface area contributed by atoms with E-state index in [1.807, 2.05) is 30.3 Å². The van der Waals surface area contributed by atoms with Crippen LogP contribution in [0.3, 0.4) is 0 Å². The van der Waals surface area contributed by atoms with Crippen molar-refractivity contribution in [2.45, 2.75) is 25.0 Å². The Labute approximate surface area is 117 Å². The second-order valence-electron chi connectivity index (χ2n) is 4.96. The summed E-state index contributed by atoms with van der Waals surface area (Å²) in [5, 5.41) is 3.89. The topological polar surface area (TPSA) is 77.2 Å². The molecule has 1 saturated heterocycles. The van der Waals surface area contributed by atoms with Gasteiger partial charge in [-0.2, -0.15) is 0 Å². The molecule has 1 amide bonds. The molecule has 20 heavy (non-hydrogen) atoms. The molecule has 0 saturated carbocycles. The van der Waals surface area contributed by atoms with E-state index < -0.39 is 6.10 Å². The molecule has 2 heterocycles. The maximum absolute atomic E-state index is 12.1. The van der Waals surface area contributed by atoms with Gasteiger partial charge < -0.3 is 15.8 Å². The van der Waals surface area contributed by atoms with E-state index in [2.05, 4.69) is 10.3 Å². The van der Waals surface area contributed by atoms with E-state index in [0.29, 0.717) is 6.54 Å². The van der Waals surface area contributed by atoms with Gasteiger partial charge in [-0.25, -0.2) is 0 Å². The molecule has 1 aliphatic heterocycles. The van der Waals surface area contributed by atoms with Gasteiger partial charge in [-0.05, 0) is 37.1 Å². The van der Waals surface area contributed by atoms with E-state index in [4.69, 9.17) is 10.5 Å². The molecule has 2 atom stereocenters. The average Bonchev–Trinajstić information content (AvgIpc) is 2.96. The first kappa shape index (κ1) is 13.0. The number of rotatable bonds is 3. The van der Waals surface area contributed by atoms with E-state index >= 15 is 0 Å². The maximum atomic E-state index is 12.1. The Hall–Kier alpha value is -1.98. The van der Waals surface area contributed by atoms with Crippen LogP contribution in [0.25, 0.3) is 10.9 Å². The SMILES string of the molecule is NCC1CCC(C(=O)Nc2ccc3ncccc3c2)O1. The highest BCUT2D eigenvalue weighted by Gasteiger charge is 2.29. The zero-order valence-electron chi connectivity index (χ0n) is 11.1. The minimum atomic E-state index is -0.395. The number of aromatic nitrogens is 1. The van der Waals surface area contributed by atoms with E-state index in [-0.39, 0.29) is 12.0 Å². The average molecular weight is 271 g/mol. The molecule has 0 radical (unpaired) electrons. The van der Waals surface area contributed by atoms with Gasteiger partial charge in [0.25, 0.3) is 5.91 Å². The minimum Gasteiger partial charge on any atom is -0.364 e. The van der Waals surface area contributed by atoms with Gasteiger partial charge in [-0.1, -0.05) is 6.07 Å². The Morgan fingerprint density at radius 3 is 3.10 bits per heavy atom.